The predicted molar refractivity (Wildman–Crippen MR) is 84.9 cm³/mol. The van der Waals surface area contributed by atoms with Crippen molar-refractivity contribution in [1.29, 1.82) is 0 Å². The number of amides is 1. The number of nitrogens with zero attached hydrogens (tertiary/aromatic N) is 2. The normalized spacial score (nSPS) is 19.7. The number of hydrogen-bond acceptors (Lipinski definition) is 3. The molecule has 1 amide bonds. The molecule has 4 nitrogen and oxygen atoms in total. The smallest absolute Gasteiger partial charge is 0.222 e. The third-order valence-electron chi connectivity index (χ3n) is 4.60. The van der Waals surface area contributed by atoms with Crippen LogP contribution in [-0.4, -0.2) is 48.4 Å². The van der Waals surface area contributed by atoms with Crippen LogP contribution >= 0.6 is 0 Å². The van der Waals surface area contributed by atoms with Gasteiger partial charge >= 0.3 is 0 Å². The number of nitrogen functional groups attached to an aromatic ring is 1. The maximum Gasteiger partial charge on any atom is 0.222 e. The van der Waals surface area contributed by atoms with Gasteiger partial charge in [-0.2, -0.15) is 0 Å². The Morgan fingerprint density at radius 1 is 1.14 bits per heavy atom. The van der Waals surface area contributed by atoms with E-state index >= 15 is 0 Å². The second-order valence-electron chi connectivity index (χ2n) is 6.32. The molecule has 114 valence electrons. The molecule has 2 aliphatic rings. The first-order valence-corrected chi connectivity index (χ1v) is 8.06. The molecule has 1 heterocycles. The molecule has 3 rings (SSSR count). The van der Waals surface area contributed by atoms with E-state index in [1.807, 2.05) is 29.2 Å². The monoisotopic (exact) mass is 287 g/mol. The van der Waals surface area contributed by atoms with E-state index in [4.69, 9.17) is 5.73 Å². The zero-order valence-electron chi connectivity index (χ0n) is 12.6. The maximum atomic E-state index is 12.3. The molecular formula is C17H25N3O. The van der Waals surface area contributed by atoms with E-state index in [1.54, 1.807) is 0 Å². The van der Waals surface area contributed by atoms with E-state index < -0.39 is 0 Å². The molecule has 1 aliphatic carbocycles. The average molecular weight is 287 g/mol. The maximum absolute atomic E-state index is 12.3. The molecule has 21 heavy (non-hydrogen) atoms. The van der Waals surface area contributed by atoms with E-state index in [0.717, 1.165) is 49.8 Å². The number of rotatable bonds is 5. The fraction of sp³-hybridized carbons (Fsp3) is 0.588. The van der Waals surface area contributed by atoms with Crippen LogP contribution < -0.4 is 5.73 Å². The third kappa shape index (κ3) is 3.97. The number of para-hydroxylation sites is 1. The largest absolute Gasteiger partial charge is 0.399 e. The fourth-order valence-corrected chi connectivity index (χ4v) is 3.01. The van der Waals surface area contributed by atoms with Gasteiger partial charge in [0, 0.05) is 44.8 Å². The SMILES string of the molecule is Nc1ccccc1CCC(=O)N1CCN(CC2CC2)CC1. The van der Waals surface area contributed by atoms with Gasteiger partial charge in [-0.25, -0.2) is 0 Å². The van der Waals surface area contributed by atoms with E-state index in [0.29, 0.717) is 6.42 Å². The number of hydrogen-bond donors (Lipinski definition) is 1. The highest BCUT2D eigenvalue weighted by atomic mass is 16.2. The summed E-state index contributed by atoms with van der Waals surface area (Å²) in [6.45, 7) is 5.08. The van der Waals surface area contributed by atoms with E-state index in [-0.39, 0.29) is 5.91 Å². The summed E-state index contributed by atoms with van der Waals surface area (Å²) >= 11 is 0. The molecule has 1 aromatic rings. The Kier molecular flexibility index (Phi) is 4.44. The van der Waals surface area contributed by atoms with Crippen molar-refractivity contribution < 1.29 is 4.79 Å². The number of carbonyl (C=O) groups is 1. The second-order valence-corrected chi connectivity index (χ2v) is 6.32. The highest BCUT2D eigenvalue weighted by molar-refractivity contribution is 5.76. The summed E-state index contributed by atoms with van der Waals surface area (Å²) in [6.07, 6.45) is 4.11. The lowest BCUT2D eigenvalue weighted by Crippen LogP contribution is -2.49. The Morgan fingerprint density at radius 3 is 2.52 bits per heavy atom. The van der Waals surface area contributed by atoms with Crippen LogP contribution in [0.3, 0.4) is 0 Å². The number of benzene rings is 1. The van der Waals surface area contributed by atoms with Crippen LogP contribution in [-0.2, 0) is 11.2 Å². The van der Waals surface area contributed by atoms with Crippen molar-refractivity contribution in [2.45, 2.75) is 25.7 Å². The summed E-state index contributed by atoms with van der Waals surface area (Å²) in [6, 6.07) is 7.82. The Morgan fingerprint density at radius 2 is 1.86 bits per heavy atom. The van der Waals surface area contributed by atoms with Crippen molar-refractivity contribution in [2.24, 2.45) is 5.92 Å². The molecular weight excluding hydrogens is 262 g/mol. The minimum absolute atomic E-state index is 0.268. The van der Waals surface area contributed by atoms with Crippen LogP contribution in [0.15, 0.2) is 24.3 Å². The highest BCUT2D eigenvalue weighted by Crippen LogP contribution is 2.29. The first-order chi connectivity index (χ1) is 10.2. The molecule has 1 saturated carbocycles. The third-order valence-corrected chi connectivity index (χ3v) is 4.60. The van der Waals surface area contributed by atoms with Crippen LogP contribution in [0.25, 0.3) is 0 Å². The van der Waals surface area contributed by atoms with Crippen molar-refractivity contribution >= 4 is 11.6 Å². The summed E-state index contributed by atoms with van der Waals surface area (Å²) in [5, 5.41) is 0. The van der Waals surface area contributed by atoms with Gasteiger partial charge in [0.2, 0.25) is 5.91 Å². The van der Waals surface area contributed by atoms with Crippen LogP contribution in [0, 0.1) is 5.92 Å². The number of carbonyl (C=O) groups excluding carboxylic acids is 1. The van der Waals surface area contributed by atoms with Crippen LogP contribution in [0.5, 0.6) is 0 Å². The van der Waals surface area contributed by atoms with E-state index in [1.165, 1.54) is 19.4 Å². The minimum atomic E-state index is 0.268. The minimum Gasteiger partial charge on any atom is -0.399 e. The lowest BCUT2D eigenvalue weighted by atomic mass is 10.1. The fourth-order valence-electron chi connectivity index (χ4n) is 3.01. The number of piperazine rings is 1. The summed E-state index contributed by atoms with van der Waals surface area (Å²) in [4.78, 5) is 16.8. The average Bonchev–Trinajstić information content (AvgIpc) is 3.31. The molecule has 1 aliphatic heterocycles. The molecule has 0 radical (unpaired) electrons. The first-order valence-electron chi connectivity index (χ1n) is 8.06. The van der Waals surface area contributed by atoms with Gasteiger partial charge in [0.1, 0.15) is 0 Å². The Labute approximate surface area is 126 Å². The summed E-state index contributed by atoms with van der Waals surface area (Å²) in [5.74, 6) is 1.21. The van der Waals surface area contributed by atoms with Crippen molar-refractivity contribution in [1.82, 2.24) is 9.80 Å². The van der Waals surface area contributed by atoms with Gasteiger partial charge in [-0.1, -0.05) is 18.2 Å². The summed E-state index contributed by atoms with van der Waals surface area (Å²) in [7, 11) is 0. The van der Waals surface area contributed by atoms with Gasteiger partial charge in [0.05, 0.1) is 0 Å². The van der Waals surface area contributed by atoms with Crippen LogP contribution in [0.4, 0.5) is 5.69 Å². The molecule has 1 saturated heterocycles. The zero-order valence-corrected chi connectivity index (χ0v) is 12.6. The number of anilines is 1. The molecule has 0 unspecified atom stereocenters. The van der Waals surface area contributed by atoms with E-state index in [2.05, 4.69) is 4.90 Å². The lowest BCUT2D eigenvalue weighted by molar-refractivity contribution is -0.132. The Balaban J connectivity index is 1.42. The van der Waals surface area contributed by atoms with Crippen molar-refractivity contribution in [3.05, 3.63) is 29.8 Å². The van der Waals surface area contributed by atoms with Gasteiger partial charge in [0.25, 0.3) is 0 Å². The predicted octanol–water partition coefficient (Wildman–Crippen LogP) is 1.76. The zero-order chi connectivity index (χ0) is 14.7. The van der Waals surface area contributed by atoms with Gasteiger partial charge in [-0.3, -0.25) is 9.69 Å². The molecule has 2 fully saturated rings. The molecule has 1 aromatic carbocycles. The number of nitrogens with two attached hydrogens (primary N) is 1. The summed E-state index contributed by atoms with van der Waals surface area (Å²) in [5.41, 5.74) is 7.80. The Bertz CT molecular complexity index is 491. The molecule has 4 heteroatoms. The van der Waals surface area contributed by atoms with Crippen molar-refractivity contribution in [3.63, 3.8) is 0 Å². The van der Waals surface area contributed by atoms with Gasteiger partial charge in [-0.15, -0.1) is 0 Å². The number of aryl methyl sites for hydroxylation is 1. The first kappa shape index (κ1) is 14.4. The van der Waals surface area contributed by atoms with Crippen molar-refractivity contribution in [2.75, 3.05) is 38.5 Å². The molecule has 0 bridgehead atoms. The van der Waals surface area contributed by atoms with Gasteiger partial charge in [-0.05, 0) is 36.8 Å². The van der Waals surface area contributed by atoms with Gasteiger partial charge < -0.3 is 10.6 Å². The van der Waals surface area contributed by atoms with E-state index in [9.17, 15) is 4.79 Å². The molecule has 0 atom stereocenters. The van der Waals surface area contributed by atoms with Crippen LogP contribution in [0.1, 0.15) is 24.8 Å². The quantitative estimate of drug-likeness (QED) is 0.840. The van der Waals surface area contributed by atoms with Gasteiger partial charge in [0.15, 0.2) is 0 Å². The summed E-state index contributed by atoms with van der Waals surface area (Å²) < 4.78 is 0. The molecule has 0 aromatic heterocycles. The van der Waals surface area contributed by atoms with Crippen LogP contribution in [0.2, 0.25) is 0 Å². The highest BCUT2D eigenvalue weighted by Gasteiger charge is 2.27. The molecule has 0 spiro atoms. The topological polar surface area (TPSA) is 49.6 Å². The standard InChI is InChI=1S/C17H25N3O/c18-16-4-2-1-3-15(16)7-8-17(21)20-11-9-19(10-12-20)13-14-5-6-14/h1-4,14H,5-13,18H2. The molecule has 2 N–H and O–H groups in total. The van der Waals surface area contributed by atoms with Crippen molar-refractivity contribution in [3.8, 4) is 0 Å². The second kappa shape index (κ2) is 6.48. The Hall–Kier alpha value is -1.55. The lowest BCUT2D eigenvalue weighted by Gasteiger charge is -2.34.